The van der Waals surface area contributed by atoms with E-state index in [0.29, 0.717) is 11.8 Å². The average Bonchev–Trinajstić information content (AvgIpc) is 2.36. The summed E-state index contributed by atoms with van der Waals surface area (Å²) in [4.78, 5) is 0. The van der Waals surface area contributed by atoms with Crippen LogP contribution in [-0.4, -0.2) is 36.5 Å². The first-order chi connectivity index (χ1) is 5.38. The topological polar surface area (TPSA) is 52.5 Å². The van der Waals surface area contributed by atoms with Gasteiger partial charge in [0.2, 0.25) is 0 Å². The van der Waals surface area contributed by atoms with Crippen LogP contribution in [0.15, 0.2) is 11.1 Å². The molecule has 0 aromatic rings. The molecule has 1 fully saturated rings. The van der Waals surface area contributed by atoms with Gasteiger partial charge in [-0.1, -0.05) is 0 Å². The standard InChI is InChI=1S/C8H13NO2/c10-3-7-5-1-9-2-6(5)8(7)4-11/h5-6,9-11H,1-4H2. The Kier molecular flexibility index (Phi) is 1.71. The largest absolute Gasteiger partial charge is 0.392 e. The van der Waals surface area contributed by atoms with E-state index in [-0.39, 0.29) is 13.2 Å². The number of nitrogens with one attached hydrogen (secondary N) is 1. The minimum absolute atomic E-state index is 0.124. The predicted octanol–water partition coefficient (Wildman–Crippen LogP) is -0.883. The first kappa shape index (κ1) is 7.28. The van der Waals surface area contributed by atoms with Gasteiger partial charge in [0.25, 0.3) is 0 Å². The fourth-order valence-corrected chi connectivity index (χ4v) is 2.23. The van der Waals surface area contributed by atoms with E-state index in [4.69, 9.17) is 10.2 Å². The lowest BCUT2D eigenvalue weighted by Gasteiger charge is -2.35. The monoisotopic (exact) mass is 155 g/mol. The van der Waals surface area contributed by atoms with Crippen molar-refractivity contribution in [1.82, 2.24) is 5.32 Å². The zero-order valence-electron chi connectivity index (χ0n) is 6.38. The van der Waals surface area contributed by atoms with Crippen molar-refractivity contribution in [3.8, 4) is 0 Å². The molecule has 0 bridgehead atoms. The second-order valence-corrected chi connectivity index (χ2v) is 3.24. The SMILES string of the molecule is OCC1=C(CO)C2CNCC12. The molecule has 0 spiro atoms. The maximum Gasteiger partial charge on any atom is 0.0648 e. The van der Waals surface area contributed by atoms with Crippen molar-refractivity contribution in [2.75, 3.05) is 26.3 Å². The van der Waals surface area contributed by atoms with Crippen LogP contribution in [0, 0.1) is 11.8 Å². The van der Waals surface area contributed by atoms with Gasteiger partial charge in [-0.05, 0) is 11.1 Å². The van der Waals surface area contributed by atoms with Gasteiger partial charge < -0.3 is 15.5 Å². The first-order valence-corrected chi connectivity index (χ1v) is 4.02. The number of hydrogen-bond donors (Lipinski definition) is 3. The lowest BCUT2D eigenvalue weighted by molar-refractivity contribution is 0.247. The van der Waals surface area contributed by atoms with E-state index in [2.05, 4.69) is 5.32 Å². The highest BCUT2D eigenvalue weighted by atomic mass is 16.3. The van der Waals surface area contributed by atoms with Crippen LogP contribution in [0.4, 0.5) is 0 Å². The number of hydrogen-bond acceptors (Lipinski definition) is 3. The molecule has 0 saturated carbocycles. The Labute approximate surface area is 65.7 Å². The summed E-state index contributed by atoms with van der Waals surface area (Å²) < 4.78 is 0. The van der Waals surface area contributed by atoms with Gasteiger partial charge in [-0.2, -0.15) is 0 Å². The highest BCUT2D eigenvalue weighted by Crippen LogP contribution is 2.42. The molecule has 2 aliphatic rings. The molecule has 3 heteroatoms. The Balaban J connectivity index is 2.18. The van der Waals surface area contributed by atoms with Crippen molar-refractivity contribution >= 4 is 0 Å². The van der Waals surface area contributed by atoms with Crippen LogP contribution < -0.4 is 5.32 Å². The smallest absolute Gasteiger partial charge is 0.0648 e. The van der Waals surface area contributed by atoms with Crippen molar-refractivity contribution in [3.05, 3.63) is 11.1 Å². The number of aliphatic hydroxyl groups excluding tert-OH is 2. The molecule has 3 N–H and O–H groups in total. The Hall–Kier alpha value is -0.380. The summed E-state index contributed by atoms with van der Waals surface area (Å²) in [6, 6.07) is 0. The van der Waals surface area contributed by atoms with E-state index in [1.54, 1.807) is 0 Å². The molecule has 3 nitrogen and oxygen atoms in total. The van der Waals surface area contributed by atoms with E-state index < -0.39 is 0 Å². The van der Waals surface area contributed by atoms with Crippen molar-refractivity contribution in [2.24, 2.45) is 11.8 Å². The Bertz CT molecular complexity index is 180. The number of rotatable bonds is 2. The molecular weight excluding hydrogens is 142 g/mol. The van der Waals surface area contributed by atoms with Crippen LogP contribution in [0.25, 0.3) is 0 Å². The Morgan fingerprint density at radius 3 is 1.91 bits per heavy atom. The lowest BCUT2D eigenvalue weighted by atomic mass is 9.70. The van der Waals surface area contributed by atoms with Gasteiger partial charge in [-0.15, -0.1) is 0 Å². The quantitative estimate of drug-likeness (QED) is 0.454. The normalized spacial score (nSPS) is 35.5. The van der Waals surface area contributed by atoms with Gasteiger partial charge in [0.1, 0.15) is 0 Å². The van der Waals surface area contributed by atoms with Crippen LogP contribution in [0.2, 0.25) is 0 Å². The summed E-state index contributed by atoms with van der Waals surface area (Å²) >= 11 is 0. The highest BCUT2D eigenvalue weighted by molar-refractivity contribution is 5.35. The van der Waals surface area contributed by atoms with E-state index >= 15 is 0 Å². The van der Waals surface area contributed by atoms with Crippen LogP contribution in [0.5, 0.6) is 0 Å². The molecule has 1 heterocycles. The van der Waals surface area contributed by atoms with Crippen LogP contribution in [0.3, 0.4) is 0 Å². The average molecular weight is 155 g/mol. The molecule has 2 rings (SSSR count). The summed E-state index contributed by atoms with van der Waals surface area (Å²) in [6.07, 6.45) is 0. The minimum atomic E-state index is 0.124. The maximum absolute atomic E-state index is 8.94. The van der Waals surface area contributed by atoms with Crippen LogP contribution in [-0.2, 0) is 0 Å². The molecule has 0 aromatic carbocycles. The third-order valence-corrected chi connectivity index (χ3v) is 2.86. The molecule has 2 unspecified atom stereocenters. The molecule has 11 heavy (non-hydrogen) atoms. The number of aliphatic hydroxyl groups is 2. The summed E-state index contributed by atoms with van der Waals surface area (Å²) in [5.74, 6) is 1.03. The summed E-state index contributed by atoms with van der Waals surface area (Å²) in [7, 11) is 0. The Morgan fingerprint density at radius 2 is 1.55 bits per heavy atom. The fourth-order valence-electron chi connectivity index (χ4n) is 2.23. The van der Waals surface area contributed by atoms with Gasteiger partial charge in [-0.25, -0.2) is 0 Å². The molecule has 1 aliphatic heterocycles. The van der Waals surface area contributed by atoms with E-state index in [1.165, 1.54) is 0 Å². The van der Waals surface area contributed by atoms with Gasteiger partial charge in [0.05, 0.1) is 13.2 Å². The van der Waals surface area contributed by atoms with E-state index in [9.17, 15) is 0 Å². The molecular formula is C8H13NO2. The van der Waals surface area contributed by atoms with E-state index in [0.717, 1.165) is 24.2 Å². The lowest BCUT2D eigenvalue weighted by Crippen LogP contribution is -2.33. The molecule has 62 valence electrons. The zero-order chi connectivity index (χ0) is 7.84. The number of fused-ring (bicyclic) bond motifs is 1. The zero-order valence-corrected chi connectivity index (χ0v) is 6.38. The second-order valence-electron chi connectivity index (χ2n) is 3.24. The third kappa shape index (κ3) is 0.851. The van der Waals surface area contributed by atoms with E-state index in [1.807, 2.05) is 0 Å². The highest BCUT2D eigenvalue weighted by Gasteiger charge is 2.41. The summed E-state index contributed by atoms with van der Waals surface area (Å²) in [5, 5.41) is 21.1. The van der Waals surface area contributed by atoms with Gasteiger partial charge in [-0.3, -0.25) is 0 Å². The molecule has 1 aliphatic carbocycles. The van der Waals surface area contributed by atoms with Crippen LogP contribution >= 0.6 is 0 Å². The van der Waals surface area contributed by atoms with Gasteiger partial charge >= 0.3 is 0 Å². The molecule has 0 aromatic heterocycles. The predicted molar refractivity (Wildman–Crippen MR) is 41.0 cm³/mol. The molecule has 0 amide bonds. The van der Waals surface area contributed by atoms with Crippen molar-refractivity contribution in [3.63, 3.8) is 0 Å². The Morgan fingerprint density at radius 1 is 1.09 bits per heavy atom. The van der Waals surface area contributed by atoms with Crippen LogP contribution in [0.1, 0.15) is 0 Å². The molecule has 1 saturated heterocycles. The van der Waals surface area contributed by atoms with Gasteiger partial charge in [0.15, 0.2) is 0 Å². The fraction of sp³-hybridized carbons (Fsp3) is 0.750. The van der Waals surface area contributed by atoms with Gasteiger partial charge in [0, 0.05) is 24.9 Å². The molecule has 2 atom stereocenters. The minimum Gasteiger partial charge on any atom is -0.392 e. The van der Waals surface area contributed by atoms with Crippen molar-refractivity contribution < 1.29 is 10.2 Å². The maximum atomic E-state index is 8.94. The van der Waals surface area contributed by atoms with Crippen molar-refractivity contribution in [1.29, 1.82) is 0 Å². The summed E-state index contributed by atoms with van der Waals surface area (Å²) in [6.45, 7) is 2.20. The first-order valence-electron chi connectivity index (χ1n) is 4.02. The van der Waals surface area contributed by atoms with Crippen molar-refractivity contribution in [2.45, 2.75) is 0 Å². The second kappa shape index (κ2) is 2.59. The third-order valence-electron chi connectivity index (χ3n) is 2.86. The summed E-state index contributed by atoms with van der Waals surface area (Å²) in [5.41, 5.74) is 2.14. The molecule has 0 radical (unpaired) electrons.